The van der Waals surface area contributed by atoms with Crippen molar-refractivity contribution >= 4 is 23.2 Å². The summed E-state index contributed by atoms with van der Waals surface area (Å²) in [4.78, 5) is 25.6. The number of halogens is 1. The molecule has 0 aliphatic rings. The number of nitrogens with zero attached hydrogens (tertiary/aromatic N) is 2. The molecule has 0 bridgehead atoms. The maximum absolute atomic E-state index is 11.9. The lowest BCUT2D eigenvalue weighted by Gasteiger charge is -2.15. The Labute approximate surface area is 114 Å². The van der Waals surface area contributed by atoms with Crippen LogP contribution in [0.2, 0.25) is 5.15 Å². The Morgan fingerprint density at radius 3 is 2.79 bits per heavy atom. The Kier molecular flexibility index (Phi) is 5.20. The van der Waals surface area contributed by atoms with Crippen molar-refractivity contribution in [2.24, 2.45) is 0 Å². The van der Waals surface area contributed by atoms with Crippen molar-refractivity contribution < 1.29 is 14.8 Å². The monoisotopic (exact) mass is 287 g/mol. The summed E-state index contributed by atoms with van der Waals surface area (Å²) in [7, 11) is 0. The van der Waals surface area contributed by atoms with E-state index in [0.717, 1.165) is 12.3 Å². The van der Waals surface area contributed by atoms with E-state index in [0.29, 0.717) is 6.42 Å². The number of carbonyl (C=O) groups is 1. The van der Waals surface area contributed by atoms with E-state index in [9.17, 15) is 20.0 Å². The second kappa shape index (κ2) is 6.44. The fraction of sp³-hybridized carbons (Fsp3) is 0.455. The highest BCUT2D eigenvalue weighted by atomic mass is 35.5. The number of rotatable bonds is 5. The van der Waals surface area contributed by atoms with Gasteiger partial charge in [-0.05, 0) is 26.3 Å². The summed E-state index contributed by atoms with van der Waals surface area (Å²) < 4.78 is 0. The number of aliphatic hydroxyl groups excluding tert-OH is 1. The van der Waals surface area contributed by atoms with Crippen molar-refractivity contribution in [1.82, 2.24) is 10.3 Å². The molecule has 8 heteroatoms. The number of carbonyl (C=O) groups excluding carboxylic acids is 1. The quantitative estimate of drug-likeness (QED) is 0.485. The van der Waals surface area contributed by atoms with Crippen molar-refractivity contribution in [1.29, 1.82) is 0 Å². The van der Waals surface area contributed by atoms with Gasteiger partial charge in [0.15, 0.2) is 0 Å². The molecule has 0 aliphatic carbocycles. The van der Waals surface area contributed by atoms with E-state index >= 15 is 0 Å². The Morgan fingerprint density at radius 2 is 2.26 bits per heavy atom. The first-order valence-electron chi connectivity index (χ1n) is 5.60. The second-order valence-corrected chi connectivity index (χ2v) is 4.63. The van der Waals surface area contributed by atoms with Crippen molar-refractivity contribution in [2.45, 2.75) is 32.4 Å². The van der Waals surface area contributed by atoms with Crippen molar-refractivity contribution in [2.75, 3.05) is 0 Å². The van der Waals surface area contributed by atoms with Gasteiger partial charge in [0, 0.05) is 6.04 Å². The van der Waals surface area contributed by atoms with E-state index in [1.165, 1.54) is 0 Å². The molecule has 0 fully saturated rings. The zero-order chi connectivity index (χ0) is 14.6. The van der Waals surface area contributed by atoms with Gasteiger partial charge in [0.05, 0.1) is 11.0 Å². The van der Waals surface area contributed by atoms with E-state index < -0.39 is 22.6 Å². The Balaban J connectivity index is 2.92. The standard InChI is InChI=1S/C11H14ClN3O4/c1-6(3-7(2)16)14-11(17)8-4-10(12)13-5-9(8)15(18)19/h4-7,16H,3H2,1-2H3,(H,14,17). The van der Waals surface area contributed by atoms with E-state index in [1.807, 2.05) is 0 Å². The molecule has 1 aromatic heterocycles. The molecule has 2 N–H and O–H groups in total. The number of amides is 1. The molecule has 0 saturated heterocycles. The van der Waals surface area contributed by atoms with E-state index in [-0.39, 0.29) is 16.8 Å². The first-order valence-corrected chi connectivity index (χ1v) is 5.98. The van der Waals surface area contributed by atoms with Gasteiger partial charge in [-0.2, -0.15) is 0 Å². The van der Waals surface area contributed by atoms with Gasteiger partial charge in [0.25, 0.3) is 11.6 Å². The average Bonchev–Trinajstić information content (AvgIpc) is 2.26. The van der Waals surface area contributed by atoms with Crippen LogP contribution in [0.15, 0.2) is 12.3 Å². The van der Waals surface area contributed by atoms with Crippen LogP contribution in [0.3, 0.4) is 0 Å². The van der Waals surface area contributed by atoms with Crippen molar-refractivity contribution in [3.05, 3.63) is 33.1 Å². The molecule has 0 spiro atoms. The third-order valence-corrected chi connectivity index (χ3v) is 2.57. The molecule has 19 heavy (non-hydrogen) atoms. The van der Waals surface area contributed by atoms with E-state index in [2.05, 4.69) is 10.3 Å². The molecule has 104 valence electrons. The fourth-order valence-electron chi connectivity index (χ4n) is 1.62. The highest BCUT2D eigenvalue weighted by Crippen LogP contribution is 2.20. The summed E-state index contributed by atoms with van der Waals surface area (Å²) in [5.74, 6) is -0.621. The largest absolute Gasteiger partial charge is 0.393 e. The molecule has 1 aromatic rings. The number of aromatic nitrogens is 1. The molecule has 0 radical (unpaired) electrons. The Hall–Kier alpha value is -1.73. The van der Waals surface area contributed by atoms with Crippen LogP contribution in [0.4, 0.5) is 5.69 Å². The fourth-order valence-corrected chi connectivity index (χ4v) is 1.78. The number of aliphatic hydroxyl groups is 1. The SMILES string of the molecule is CC(O)CC(C)NC(=O)c1cc(Cl)ncc1[N+](=O)[O-]. The number of hydrogen-bond donors (Lipinski definition) is 2. The smallest absolute Gasteiger partial charge is 0.300 e. The van der Waals surface area contributed by atoms with E-state index in [4.69, 9.17) is 11.6 Å². The van der Waals surface area contributed by atoms with Crippen LogP contribution in [0, 0.1) is 10.1 Å². The molecule has 7 nitrogen and oxygen atoms in total. The predicted molar refractivity (Wildman–Crippen MR) is 69.1 cm³/mol. The molecule has 1 rings (SSSR count). The van der Waals surface area contributed by atoms with Crippen molar-refractivity contribution in [3.63, 3.8) is 0 Å². The molecule has 1 amide bonds. The molecule has 2 atom stereocenters. The summed E-state index contributed by atoms with van der Waals surface area (Å²) in [5, 5.41) is 22.6. The normalized spacial score (nSPS) is 13.7. The van der Waals surface area contributed by atoms with Gasteiger partial charge in [-0.15, -0.1) is 0 Å². The molecular formula is C11H14ClN3O4. The van der Waals surface area contributed by atoms with Gasteiger partial charge in [-0.1, -0.05) is 11.6 Å². The maximum Gasteiger partial charge on any atom is 0.300 e. The van der Waals surface area contributed by atoms with Gasteiger partial charge in [-0.3, -0.25) is 14.9 Å². The van der Waals surface area contributed by atoms with Gasteiger partial charge in [0.2, 0.25) is 0 Å². The van der Waals surface area contributed by atoms with Crippen LogP contribution in [-0.2, 0) is 0 Å². The Bertz CT molecular complexity index is 493. The number of nitro groups is 1. The van der Waals surface area contributed by atoms with Crippen molar-refractivity contribution in [3.8, 4) is 0 Å². The lowest BCUT2D eigenvalue weighted by Crippen LogP contribution is -2.35. The minimum absolute atomic E-state index is 0.000991. The predicted octanol–water partition coefficient (Wildman–Crippen LogP) is 1.53. The highest BCUT2D eigenvalue weighted by molar-refractivity contribution is 6.29. The zero-order valence-corrected chi connectivity index (χ0v) is 11.2. The third kappa shape index (κ3) is 4.46. The zero-order valence-electron chi connectivity index (χ0n) is 10.5. The first kappa shape index (κ1) is 15.3. The van der Waals surface area contributed by atoms with Gasteiger partial charge < -0.3 is 10.4 Å². The second-order valence-electron chi connectivity index (χ2n) is 4.24. The summed E-state index contributed by atoms with van der Waals surface area (Å²) in [6.45, 7) is 3.29. The minimum Gasteiger partial charge on any atom is -0.393 e. The third-order valence-electron chi connectivity index (χ3n) is 2.36. The number of pyridine rings is 1. The lowest BCUT2D eigenvalue weighted by atomic mass is 10.1. The van der Waals surface area contributed by atoms with Crippen LogP contribution < -0.4 is 5.32 Å². The average molecular weight is 288 g/mol. The molecule has 0 aliphatic heterocycles. The van der Waals surface area contributed by atoms with Gasteiger partial charge >= 0.3 is 0 Å². The number of nitrogens with one attached hydrogen (secondary N) is 1. The number of hydrogen-bond acceptors (Lipinski definition) is 5. The molecular weight excluding hydrogens is 274 g/mol. The first-order chi connectivity index (χ1) is 8.81. The molecule has 0 saturated carbocycles. The van der Waals surface area contributed by atoms with Crippen LogP contribution >= 0.6 is 11.6 Å². The van der Waals surface area contributed by atoms with Gasteiger partial charge in [0.1, 0.15) is 16.9 Å². The molecule has 1 heterocycles. The van der Waals surface area contributed by atoms with E-state index in [1.54, 1.807) is 13.8 Å². The molecule has 0 aromatic carbocycles. The minimum atomic E-state index is -0.697. The van der Waals surface area contributed by atoms with Crippen LogP contribution in [0.1, 0.15) is 30.6 Å². The Morgan fingerprint density at radius 1 is 1.63 bits per heavy atom. The van der Waals surface area contributed by atoms with Crippen LogP contribution in [-0.4, -0.2) is 33.1 Å². The lowest BCUT2D eigenvalue weighted by molar-refractivity contribution is -0.385. The summed E-state index contributed by atoms with van der Waals surface area (Å²) in [5.41, 5.74) is -0.561. The summed E-state index contributed by atoms with van der Waals surface area (Å²) in [6, 6.07) is 0.823. The van der Waals surface area contributed by atoms with Crippen LogP contribution in [0.5, 0.6) is 0 Å². The maximum atomic E-state index is 11.9. The summed E-state index contributed by atoms with van der Waals surface area (Å²) in [6.07, 6.45) is 0.709. The van der Waals surface area contributed by atoms with Crippen LogP contribution in [0.25, 0.3) is 0 Å². The molecule has 2 unspecified atom stereocenters. The summed E-state index contributed by atoms with van der Waals surface area (Å²) >= 11 is 5.63. The topological polar surface area (TPSA) is 105 Å². The highest BCUT2D eigenvalue weighted by Gasteiger charge is 2.22. The van der Waals surface area contributed by atoms with Gasteiger partial charge in [-0.25, -0.2) is 4.98 Å².